The Bertz CT molecular complexity index is 374. The van der Waals surface area contributed by atoms with E-state index in [1.54, 1.807) is 0 Å². The van der Waals surface area contributed by atoms with Gasteiger partial charge in [0.25, 0.3) is 0 Å². The quantitative estimate of drug-likeness (QED) is 0.657. The van der Waals surface area contributed by atoms with Crippen LogP contribution in [-0.2, 0) is 6.42 Å². The summed E-state index contributed by atoms with van der Waals surface area (Å²) in [7, 11) is 0. The van der Waals surface area contributed by atoms with Crippen molar-refractivity contribution in [2.45, 2.75) is 13.3 Å². The molecule has 1 aliphatic carbocycles. The van der Waals surface area contributed by atoms with E-state index in [2.05, 4.69) is 25.9 Å². The molecule has 2 nitrogen and oxygen atoms in total. The predicted octanol–water partition coefficient (Wildman–Crippen LogP) is 2.73. The van der Waals surface area contributed by atoms with Crippen molar-refractivity contribution in [2.24, 2.45) is 0 Å². The summed E-state index contributed by atoms with van der Waals surface area (Å²) in [5, 5.41) is 0.572. The lowest BCUT2D eigenvalue weighted by Gasteiger charge is -2.02. The SMILES string of the molecule is Cc1nc(Cl)c2c(n1)C(Br)=CC2. The second-order valence-corrected chi connectivity index (χ2v) is 3.86. The van der Waals surface area contributed by atoms with Crippen LogP contribution in [0.1, 0.15) is 17.1 Å². The Labute approximate surface area is 83.8 Å². The van der Waals surface area contributed by atoms with Gasteiger partial charge in [-0.3, -0.25) is 0 Å². The minimum Gasteiger partial charge on any atom is -0.232 e. The molecule has 0 fully saturated rings. The van der Waals surface area contributed by atoms with Gasteiger partial charge in [-0.1, -0.05) is 17.7 Å². The summed E-state index contributed by atoms with van der Waals surface area (Å²) in [6.45, 7) is 1.84. The summed E-state index contributed by atoms with van der Waals surface area (Å²) in [5.41, 5.74) is 1.96. The Morgan fingerprint density at radius 1 is 1.50 bits per heavy atom. The first-order valence-electron chi connectivity index (χ1n) is 3.57. The average molecular weight is 246 g/mol. The van der Waals surface area contributed by atoms with Crippen molar-refractivity contribution in [3.63, 3.8) is 0 Å². The Kier molecular flexibility index (Phi) is 1.93. The molecule has 1 aromatic heterocycles. The minimum absolute atomic E-state index is 0.572. The van der Waals surface area contributed by atoms with Crippen molar-refractivity contribution < 1.29 is 0 Å². The highest BCUT2D eigenvalue weighted by Crippen LogP contribution is 2.33. The van der Waals surface area contributed by atoms with Gasteiger partial charge in [-0.2, -0.15) is 0 Å². The van der Waals surface area contributed by atoms with E-state index in [0.717, 1.165) is 22.2 Å². The fourth-order valence-electron chi connectivity index (χ4n) is 1.23. The second-order valence-electron chi connectivity index (χ2n) is 2.64. The number of aryl methyl sites for hydroxylation is 1. The Morgan fingerprint density at radius 3 is 3.00 bits per heavy atom. The van der Waals surface area contributed by atoms with Crippen molar-refractivity contribution in [1.82, 2.24) is 9.97 Å². The van der Waals surface area contributed by atoms with Gasteiger partial charge in [-0.15, -0.1) is 0 Å². The van der Waals surface area contributed by atoms with Gasteiger partial charge in [0.15, 0.2) is 0 Å². The number of hydrogen-bond donors (Lipinski definition) is 0. The van der Waals surface area contributed by atoms with E-state index in [1.807, 2.05) is 13.0 Å². The molecule has 0 aromatic carbocycles. The number of hydrogen-bond acceptors (Lipinski definition) is 2. The summed E-state index contributed by atoms with van der Waals surface area (Å²) in [4.78, 5) is 8.36. The third-order valence-corrected chi connectivity index (χ3v) is 2.79. The van der Waals surface area contributed by atoms with E-state index < -0.39 is 0 Å². The molecule has 0 spiro atoms. The van der Waals surface area contributed by atoms with E-state index in [1.165, 1.54) is 0 Å². The monoisotopic (exact) mass is 244 g/mol. The first-order chi connectivity index (χ1) is 5.68. The normalized spacial score (nSPS) is 14.4. The molecule has 1 aliphatic rings. The predicted molar refractivity (Wildman–Crippen MR) is 52.4 cm³/mol. The smallest absolute Gasteiger partial charge is 0.136 e. The summed E-state index contributed by atoms with van der Waals surface area (Å²) in [6, 6.07) is 0. The van der Waals surface area contributed by atoms with Gasteiger partial charge in [-0.25, -0.2) is 9.97 Å². The van der Waals surface area contributed by atoms with Crippen molar-refractivity contribution in [3.8, 4) is 0 Å². The fraction of sp³-hybridized carbons (Fsp3) is 0.250. The molecule has 0 saturated carbocycles. The van der Waals surface area contributed by atoms with E-state index in [9.17, 15) is 0 Å². The molecule has 1 aromatic rings. The molecule has 1 heterocycles. The maximum atomic E-state index is 5.93. The van der Waals surface area contributed by atoms with Gasteiger partial charge in [0.1, 0.15) is 11.0 Å². The van der Waals surface area contributed by atoms with Crippen LogP contribution in [-0.4, -0.2) is 9.97 Å². The van der Waals surface area contributed by atoms with Gasteiger partial charge < -0.3 is 0 Å². The molecule has 0 unspecified atom stereocenters. The van der Waals surface area contributed by atoms with Crippen LogP contribution in [0.15, 0.2) is 6.08 Å². The topological polar surface area (TPSA) is 25.8 Å². The molecule has 12 heavy (non-hydrogen) atoms. The molecule has 0 saturated heterocycles. The Hall–Kier alpha value is -0.410. The highest BCUT2D eigenvalue weighted by Gasteiger charge is 2.17. The second kappa shape index (κ2) is 2.82. The molecular weight excluding hydrogens is 239 g/mol. The summed E-state index contributed by atoms with van der Waals surface area (Å²) in [6.07, 6.45) is 2.87. The average Bonchev–Trinajstić information content (AvgIpc) is 2.33. The number of halogens is 2. The zero-order valence-corrected chi connectivity index (χ0v) is 8.78. The van der Waals surface area contributed by atoms with Gasteiger partial charge in [0.05, 0.1) is 5.69 Å². The van der Waals surface area contributed by atoms with Crippen LogP contribution >= 0.6 is 27.5 Å². The number of aromatic nitrogens is 2. The molecule has 0 amide bonds. The molecule has 0 atom stereocenters. The number of allylic oxidation sites excluding steroid dienone is 1. The molecule has 0 aliphatic heterocycles. The van der Waals surface area contributed by atoms with Crippen LogP contribution in [0.3, 0.4) is 0 Å². The third-order valence-electron chi connectivity index (χ3n) is 1.78. The first kappa shape index (κ1) is 8.20. The van der Waals surface area contributed by atoms with E-state index >= 15 is 0 Å². The van der Waals surface area contributed by atoms with E-state index in [0.29, 0.717) is 11.0 Å². The molecule has 0 bridgehead atoms. The lowest BCUT2D eigenvalue weighted by atomic mass is 10.2. The molecule has 4 heteroatoms. The summed E-state index contributed by atoms with van der Waals surface area (Å²) in [5.74, 6) is 0.714. The molecule has 62 valence electrons. The maximum Gasteiger partial charge on any atom is 0.136 e. The highest BCUT2D eigenvalue weighted by atomic mass is 79.9. The highest BCUT2D eigenvalue weighted by molar-refractivity contribution is 9.15. The van der Waals surface area contributed by atoms with Crippen molar-refractivity contribution in [1.29, 1.82) is 0 Å². The molecular formula is C8H6BrClN2. The van der Waals surface area contributed by atoms with Crippen LogP contribution in [0.2, 0.25) is 5.15 Å². The van der Waals surface area contributed by atoms with Crippen LogP contribution in [0.25, 0.3) is 4.48 Å². The molecule has 2 rings (SSSR count). The van der Waals surface area contributed by atoms with Gasteiger partial charge in [-0.05, 0) is 29.3 Å². The van der Waals surface area contributed by atoms with Gasteiger partial charge >= 0.3 is 0 Å². The van der Waals surface area contributed by atoms with E-state index in [4.69, 9.17) is 11.6 Å². The zero-order valence-electron chi connectivity index (χ0n) is 6.43. The van der Waals surface area contributed by atoms with Crippen LogP contribution in [0, 0.1) is 6.92 Å². The van der Waals surface area contributed by atoms with Crippen LogP contribution in [0.4, 0.5) is 0 Å². The Balaban J connectivity index is 2.67. The molecule has 0 radical (unpaired) electrons. The fourth-order valence-corrected chi connectivity index (χ4v) is 2.01. The van der Waals surface area contributed by atoms with E-state index in [-0.39, 0.29) is 0 Å². The Morgan fingerprint density at radius 2 is 2.25 bits per heavy atom. The van der Waals surface area contributed by atoms with Crippen molar-refractivity contribution in [3.05, 3.63) is 28.3 Å². The van der Waals surface area contributed by atoms with Crippen molar-refractivity contribution >= 4 is 32.0 Å². The number of nitrogens with zero attached hydrogens (tertiary/aromatic N) is 2. The van der Waals surface area contributed by atoms with Crippen LogP contribution in [0.5, 0.6) is 0 Å². The summed E-state index contributed by atoms with van der Waals surface area (Å²) < 4.78 is 1.02. The lowest BCUT2D eigenvalue weighted by Crippen LogP contribution is -1.96. The minimum atomic E-state index is 0.572. The number of rotatable bonds is 0. The van der Waals surface area contributed by atoms with Crippen molar-refractivity contribution in [2.75, 3.05) is 0 Å². The maximum absolute atomic E-state index is 5.93. The molecule has 0 N–H and O–H groups in total. The van der Waals surface area contributed by atoms with Crippen LogP contribution < -0.4 is 0 Å². The first-order valence-corrected chi connectivity index (χ1v) is 4.74. The lowest BCUT2D eigenvalue weighted by molar-refractivity contribution is 1.01. The van der Waals surface area contributed by atoms with Gasteiger partial charge in [0, 0.05) is 10.0 Å². The zero-order chi connectivity index (χ0) is 8.72. The standard InChI is InChI=1S/C8H6BrClN2/c1-4-11-7-5(8(10)12-4)2-3-6(7)9/h3H,2H2,1H3. The summed E-state index contributed by atoms with van der Waals surface area (Å²) >= 11 is 9.35. The van der Waals surface area contributed by atoms with Gasteiger partial charge in [0.2, 0.25) is 0 Å². The third kappa shape index (κ3) is 1.17. The largest absolute Gasteiger partial charge is 0.232 e. The number of fused-ring (bicyclic) bond motifs is 1.